The zero-order valence-corrected chi connectivity index (χ0v) is 20.7. The number of carboxylic acids is 1. The molecule has 1 aromatic heterocycles. The highest BCUT2D eigenvalue weighted by molar-refractivity contribution is 7.98. The second-order valence-corrected chi connectivity index (χ2v) is 9.15. The van der Waals surface area contributed by atoms with Crippen molar-refractivity contribution in [3.8, 4) is 0 Å². The lowest BCUT2D eigenvalue weighted by molar-refractivity contribution is -0.142. The summed E-state index contributed by atoms with van der Waals surface area (Å²) >= 11 is 1.44. The van der Waals surface area contributed by atoms with Crippen LogP contribution < -0.4 is 21.7 Å². The molecule has 1 heterocycles. The first kappa shape index (κ1) is 29.4. The third kappa shape index (κ3) is 9.31. The van der Waals surface area contributed by atoms with Crippen molar-refractivity contribution in [2.24, 2.45) is 11.7 Å². The van der Waals surface area contributed by atoms with E-state index >= 15 is 0 Å². The van der Waals surface area contributed by atoms with Gasteiger partial charge in [-0.3, -0.25) is 14.4 Å². The van der Waals surface area contributed by atoms with Crippen LogP contribution in [0.2, 0.25) is 0 Å². The number of aliphatic hydroxyl groups excluding tert-OH is 1. The molecule has 0 aliphatic rings. The minimum absolute atomic E-state index is 0.0146. The zero-order chi connectivity index (χ0) is 25.8. The van der Waals surface area contributed by atoms with Gasteiger partial charge < -0.3 is 36.9 Å². The van der Waals surface area contributed by atoms with Crippen LogP contribution >= 0.6 is 11.8 Å². The number of aliphatic hydroxyl groups is 1. The Bertz CT molecular complexity index is 806. The van der Waals surface area contributed by atoms with Crippen molar-refractivity contribution in [1.29, 1.82) is 0 Å². The molecule has 1 rings (SSSR count). The third-order valence-electron chi connectivity index (χ3n) is 5.46. The van der Waals surface area contributed by atoms with Gasteiger partial charge in [0, 0.05) is 18.3 Å². The van der Waals surface area contributed by atoms with Gasteiger partial charge in [0.1, 0.15) is 18.1 Å². The third-order valence-corrected chi connectivity index (χ3v) is 6.10. The maximum atomic E-state index is 13.0. The number of nitrogens with zero attached hydrogens (tertiary/aromatic N) is 1. The molecule has 0 spiro atoms. The summed E-state index contributed by atoms with van der Waals surface area (Å²) < 4.78 is 0. The summed E-state index contributed by atoms with van der Waals surface area (Å²) in [6.07, 6.45) is 4.24. The molecule has 3 amide bonds. The molecule has 192 valence electrons. The van der Waals surface area contributed by atoms with Crippen molar-refractivity contribution in [3.63, 3.8) is 0 Å². The first-order valence-corrected chi connectivity index (χ1v) is 12.4. The van der Waals surface area contributed by atoms with Crippen LogP contribution in [0.25, 0.3) is 0 Å². The van der Waals surface area contributed by atoms with Crippen molar-refractivity contribution in [3.05, 3.63) is 18.2 Å². The minimum atomic E-state index is -1.37. The number of hydrogen-bond donors (Lipinski definition) is 7. The van der Waals surface area contributed by atoms with Crippen LogP contribution in [0.15, 0.2) is 12.5 Å². The van der Waals surface area contributed by atoms with Crippen LogP contribution in [-0.4, -0.2) is 86.2 Å². The van der Waals surface area contributed by atoms with Crippen LogP contribution in [0.4, 0.5) is 0 Å². The summed E-state index contributed by atoms with van der Waals surface area (Å²) in [5, 5.41) is 27.0. The summed E-state index contributed by atoms with van der Waals surface area (Å²) in [5.74, 6) is -2.96. The zero-order valence-electron chi connectivity index (χ0n) is 19.9. The van der Waals surface area contributed by atoms with Crippen LogP contribution in [-0.2, 0) is 25.6 Å². The lowest BCUT2D eigenvalue weighted by Gasteiger charge is -2.27. The van der Waals surface area contributed by atoms with E-state index in [0.29, 0.717) is 17.9 Å². The number of thioether (sulfide) groups is 1. The highest BCUT2D eigenvalue weighted by Gasteiger charge is 2.33. The number of nitrogens with one attached hydrogen (secondary N) is 4. The molecule has 0 bridgehead atoms. The number of rotatable bonds is 15. The molecule has 0 aromatic carbocycles. The first-order chi connectivity index (χ1) is 16.0. The second kappa shape index (κ2) is 14.6. The molecule has 8 N–H and O–H groups in total. The van der Waals surface area contributed by atoms with Gasteiger partial charge in [0.2, 0.25) is 17.7 Å². The van der Waals surface area contributed by atoms with Gasteiger partial charge >= 0.3 is 5.97 Å². The number of aromatic amines is 1. The highest BCUT2D eigenvalue weighted by Crippen LogP contribution is 2.08. The van der Waals surface area contributed by atoms with Crippen molar-refractivity contribution < 1.29 is 29.4 Å². The van der Waals surface area contributed by atoms with Gasteiger partial charge in [0.05, 0.1) is 18.5 Å². The van der Waals surface area contributed by atoms with Crippen molar-refractivity contribution in [2.45, 2.75) is 70.3 Å². The van der Waals surface area contributed by atoms with E-state index in [0.717, 1.165) is 0 Å². The molecule has 13 heteroatoms. The molecular weight excluding hydrogens is 464 g/mol. The lowest BCUT2D eigenvalue weighted by atomic mass is 9.98. The highest BCUT2D eigenvalue weighted by atomic mass is 32.2. The molecule has 0 saturated heterocycles. The number of carbonyl (C=O) groups is 4. The standard InChI is InChI=1S/C21H36N6O6S/c1-5-11(2)16(22)19(30)27-17(12(3)28)20(31)26-15(8-13-9-23-10-24-13)18(29)25-14(21(32)33)6-7-34-4/h9-12,14-17,28H,5-8,22H2,1-4H3,(H,23,24)(H,25,29)(H,26,31)(H,27,30)(H,32,33). The van der Waals surface area contributed by atoms with Gasteiger partial charge in [-0.05, 0) is 31.3 Å². The first-order valence-electron chi connectivity index (χ1n) is 11.0. The molecule has 0 aliphatic heterocycles. The van der Waals surface area contributed by atoms with Gasteiger partial charge in [-0.25, -0.2) is 9.78 Å². The summed E-state index contributed by atoms with van der Waals surface area (Å²) in [7, 11) is 0. The average Bonchev–Trinajstić information content (AvgIpc) is 3.30. The van der Waals surface area contributed by atoms with Crippen LogP contribution in [0, 0.1) is 5.92 Å². The number of carbonyl (C=O) groups excluding carboxylic acids is 3. The molecule has 6 atom stereocenters. The van der Waals surface area contributed by atoms with Gasteiger partial charge in [0.15, 0.2) is 0 Å². The molecule has 6 unspecified atom stereocenters. The van der Waals surface area contributed by atoms with Gasteiger partial charge in [-0.1, -0.05) is 20.3 Å². The summed E-state index contributed by atoms with van der Waals surface area (Å²) in [6.45, 7) is 4.99. The van der Waals surface area contributed by atoms with E-state index < -0.39 is 54.0 Å². The fourth-order valence-electron chi connectivity index (χ4n) is 3.02. The average molecular weight is 501 g/mol. The lowest BCUT2D eigenvalue weighted by Crippen LogP contribution is -2.60. The van der Waals surface area contributed by atoms with Crippen LogP contribution in [0.3, 0.4) is 0 Å². The Labute approximate surface area is 203 Å². The molecular formula is C21H36N6O6S. The number of carboxylic acid groups (broad SMARTS) is 1. The summed E-state index contributed by atoms with van der Waals surface area (Å²) in [6, 6.07) is -4.57. The van der Waals surface area contributed by atoms with E-state index in [-0.39, 0.29) is 18.8 Å². The minimum Gasteiger partial charge on any atom is -0.480 e. The molecule has 0 saturated carbocycles. The van der Waals surface area contributed by atoms with Gasteiger partial charge in [-0.2, -0.15) is 11.8 Å². The number of aromatic nitrogens is 2. The van der Waals surface area contributed by atoms with Crippen LogP contribution in [0.5, 0.6) is 0 Å². The molecule has 0 aliphatic carbocycles. The maximum Gasteiger partial charge on any atom is 0.326 e. The fourth-order valence-corrected chi connectivity index (χ4v) is 3.49. The second-order valence-electron chi connectivity index (χ2n) is 8.16. The molecule has 12 nitrogen and oxygen atoms in total. The topological polar surface area (TPSA) is 200 Å². The Balaban J connectivity index is 3.02. The van der Waals surface area contributed by atoms with Crippen molar-refractivity contribution >= 4 is 35.5 Å². The Morgan fingerprint density at radius 1 is 1.12 bits per heavy atom. The molecule has 0 radical (unpaired) electrons. The van der Waals surface area contributed by atoms with Crippen molar-refractivity contribution in [2.75, 3.05) is 12.0 Å². The number of nitrogens with two attached hydrogens (primary N) is 1. The predicted molar refractivity (Wildman–Crippen MR) is 128 cm³/mol. The molecule has 34 heavy (non-hydrogen) atoms. The Morgan fingerprint density at radius 2 is 1.76 bits per heavy atom. The van der Waals surface area contributed by atoms with E-state index in [1.165, 1.54) is 31.2 Å². The normalized spacial score (nSPS) is 16.4. The maximum absolute atomic E-state index is 13.0. The Hall–Kier alpha value is -2.64. The summed E-state index contributed by atoms with van der Waals surface area (Å²) in [4.78, 5) is 56.6. The van der Waals surface area contributed by atoms with E-state index in [9.17, 15) is 29.4 Å². The van der Waals surface area contributed by atoms with E-state index in [1.807, 2.05) is 13.2 Å². The molecule has 0 fully saturated rings. The number of amides is 3. The van der Waals surface area contributed by atoms with Crippen LogP contribution in [0.1, 0.15) is 39.3 Å². The Kier molecular flexibility index (Phi) is 12.6. The quantitative estimate of drug-likeness (QED) is 0.158. The largest absolute Gasteiger partial charge is 0.480 e. The summed E-state index contributed by atoms with van der Waals surface area (Å²) in [5.41, 5.74) is 6.45. The van der Waals surface area contributed by atoms with E-state index in [2.05, 4.69) is 25.9 Å². The fraction of sp³-hybridized carbons (Fsp3) is 0.667. The Morgan fingerprint density at radius 3 is 2.26 bits per heavy atom. The SMILES string of the molecule is CCC(C)C(N)C(=O)NC(C(=O)NC(Cc1cnc[nH]1)C(=O)NC(CCSC)C(=O)O)C(C)O. The monoisotopic (exact) mass is 500 g/mol. The smallest absolute Gasteiger partial charge is 0.326 e. The number of H-pyrrole nitrogens is 1. The van der Waals surface area contributed by atoms with Gasteiger partial charge in [-0.15, -0.1) is 0 Å². The van der Waals surface area contributed by atoms with E-state index in [1.54, 1.807) is 6.92 Å². The number of aliphatic carboxylic acids is 1. The van der Waals surface area contributed by atoms with Gasteiger partial charge in [0.25, 0.3) is 0 Å². The number of hydrogen-bond acceptors (Lipinski definition) is 8. The molecule has 1 aromatic rings. The number of imidazole rings is 1. The van der Waals surface area contributed by atoms with E-state index in [4.69, 9.17) is 5.73 Å². The predicted octanol–water partition coefficient (Wildman–Crippen LogP) is -1.00. The van der Waals surface area contributed by atoms with Crippen molar-refractivity contribution in [1.82, 2.24) is 25.9 Å².